The number of nitrogens with zero attached hydrogens (tertiary/aromatic N) is 1. The number of benzene rings is 2. The number of rotatable bonds is 4. The zero-order chi connectivity index (χ0) is 15.7. The molecule has 4 heteroatoms. The highest BCUT2D eigenvalue weighted by molar-refractivity contribution is 5.81. The summed E-state index contributed by atoms with van der Waals surface area (Å²) in [5, 5.41) is 3.35. The molecule has 0 bridgehead atoms. The predicted octanol–water partition coefficient (Wildman–Crippen LogP) is 4.29. The van der Waals surface area contributed by atoms with Crippen LogP contribution >= 0.6 is 0 Å². The molecule has 0 aliphatic heterocycles. The van der Waals surface area contributed by atoms with Gasteiger partial charge in [0.2, 0.25) is 0 Å². The zero-order valence-corrected chi connectivity index (χ0v) is 13.1. The SMILES string of the molecule is CC(C)C(C)n1c(=O)[nH]c2cc(Nc3ccccc3)ccc21. The predicted molar refractivity (Wildman–Crippen MR) is 91.8 cm³/mol. The topological polar surface area (TPSA) is 49.8 Å². The monoisotopic (exact) mass is 295 g/mol. The minimum Gasteiger partial charge on any atom is -0.355 e. The van der Waals surface area contributed by atoms with Crippen LogP contribution < -0.4 is 11.0 Å². The van der Waals surface area contributed by atoms with E-state index < -0.39 is 0 Å². The van der Waals surface area contributed by atoms with Gasteiger partial charge in [0.1, 0.15) is 0 Å². The van der Waals surface area contributed by atoms with Gasteiger partial charge < -0.3 is 10.3 Å². The first-order valence-electron chi connectivity index (χ1n) is 7.62. The highest BCUT2D eigenvalue weighted by atomic mass is 16.1. The molecule has 1 atom stereocenters. The number of para-hydroxylation sites is 1. The summed E-state index contributed by atoms with van der Waals surface area (Å²) in [6.45, 7) is 6.33. The van der Waals surface area contributed by atoms with Gasteiger partial charge in [-0.3, -0.25) is 4.57 Å². The van der Waals surface area contributed by atoms with Crippen LogP contribution in [0.3, 0.4) is 0 Å². The Bertz CT molecular complexity index is 830. The Morgan fingerprint density at radius 2 is 1.73 bits per heavy atom. The van der Waals surface area contributed by atoms with Crippen molar-refractivity contribution >= 4 is 22.4 Å². The second kappa shape index (κ2) is 5.72. The van der Waals surface area contributed by atoms with Crippen LogP contribution in [0.5, 0.6) is 0 Å². The maximum absolute atomic E-state index is 12.2. The first kappa shape index (κ1) is 14.4. The summed E-state index contributed by atoms with van der Waals surface area (Å²) in [6.07, 6.45) is 0. The highest BCUT2D eigenvalue weighted by Crippen LogP contribution is 2.24. The van der Waals surface area contributed by atoms with Crippen LogP contribution in [0, 0.1) is 5.92 Å². The molecule has 0 saturated carbocycles. The number of hydrogen-bond donors (Lipinski definition) is 2. The minimum absolute atomic E-state index is 0.0481. The summed E-state index contributed by atoms with van der Waals surface area (Å²) in [4.78, 5) is 15.2. The Kier molecular flexibility index (Phi) is 3.75. The molecule has 4 nitrogen and oxygen atoms in total. The van der Waals surface area contributed by atoms with Crippen LogP contribution in [-0.2, 0) is 0 Å². The van der Waals surface area contributed by atoms with E-state index in [9.17, 15) is 4.79 Å². The van der Waals surface area contributed by atoms with Crippen molar-refractivity contribution < 1.29 is 0 Å². The molecular formula is C18H21N3O. The van der Waals surface area contributed by atoms with Crippen LogP contribution in [-0.4, -0.2) is 9.55 Å². The second-order valence-corrected chi connectivity index (χ2v) is 6.01. The van der Waals surface area contributed by atoms with Gasteiger partial charge in [-0.15, -0.1) is 0 Å². The average molecular weight is 295 g/mol. The van der Waals surface area contributed by atoms with E-state index in [0.717, 1.165) is 22.4 Å². The lowest BCUT2D eigenvalue weighted by molar-refractivity contribution is 0.408. The Hall–Kier alpha value is -2.49. The molecule has 0 radical (unpaired) electrons. The number of nitrogens with one attached hydrogen (secondary N) is 2. The maximum atomic E-state index is 12.2. The summed E-state index contributed by atoms with van der Waals surface area (Å²) in [7, 11) is 0. The molecule has 22 heavy (non-hydrogen) atoms. The van der Waals surface area contributed by atoms with Gasteiger partial charge >= 0.3 is 5.69 Å². The normalized spacial score (nSPS) is 12.7. The van der Waals surface area contributed by atoms with E-state index in [1.165, 1.54) is 0 Å². The Morgan fingerprint density at radius 3 is 2.41 bits per heavy atom. The van der Waals surface area contributed by atoms with Crippen molar-refractivity contribution in [2.24, 2.45) is 5.92 Å². The molecule has 1 heterocycles. The fourth-order valence-electron chi connectivity index (χ4n) is 2.60. The Labute approximate surface area is 129 Å². The van der Waals surface area contributed by atoms with Crippen LogP contribution in [0.1, 0.15) is 26.8 Å². The molecule has 0 amide bonds. The lowest BCUT2D eigenvalue weighted by Gasteiger charge is -2.17. The first-order chi connectivity index (χ1) is 10.6. The number of H-pyrrole nitrogens is 1. The second-order valence-electron chi connectivity index (χ2n) is 6.01. The molecule has 0 spiro atoms. The summed E-state index contributed by atoms with van der Waals surface area (Å²) in [5.41, 5.74) is 3.75. The molecule has 114 valence electrons. The third-order valence-electron chi connectivity index (χ3n) is 4.15. The van der Waals surface area contributed by atoms with Crippen LogP contribution in [0.15, 0.2) is 53.3 Å². The fourth-order valence-corrected chi connectivity index (χ4v) is 2.60. The van der Waals surface area contributed by atoms with Crippen LogP contribution in [0.4, 0.5) is 11.4 Å². The van der Waals surface area contributed by atoms with Gasteiger partial charge in [0.15, 0.2) is 0 Å². The van der Waals surface area contributed by atoms with Crippen molar-refractivity contribution in [1.29, 1.82) is 0 Å². The molecule has 3 aromatic rings. The van der Waals surface area contributed by atoms with E-state index in [0.29, 0.717) is 5.92 Å². The number of anilines is 2. The maximum Gasteiger partial charge on any atom is 0.326 e. The fraction of sp³-hybridized carbons (Fsp3) is 0.278. The number of hydrogen-bond acceptors (Lipinski definition) is 2. The van der Waals surface area contributed by atoms with Gasteiger partial charge in [0.25, 0.3) is 0 Å². The van der Waals surface area contributed by atoms with Crippen LogP contribution in [0.25, 0.3) is 11.0 Å². The molecule has 0 aliphatic carbocycles. The van der Waals surface area contributed by atoms with E-state index in [2.05, 4.69) is 31.1 Å². The minimum atomic E-state index is -0.0481. The molecule has 0 saturated heterocycles. The van der Waals surface area contributed by atoms with E-state index in [1.54, 1.807) is 0 Å². The van der Waals surface area contributed by atoms with E-state index in [4.69, 9.17) is 0 Å². The average Bonchev–Trinajstić information content (AvgIpc) is 2.82. The zero-order valence-electron chi connectivity index (χ0n) is 13.1. The molecule has 0 aliphatic rings. The molecule has 2 N–H and O–H groups in total. The van der Waals surface area contributed by atoms with Crippen molar-refractivity contribution in [3.8, 4) is 0 Å². The summed E-state index contributed by atoms with van der Waals surface area (Å²) < 4.78 is 1.84. The third-order valence-corrected chi connectivity index (χ3v) is 4.15. The van der Waals surface area contributed by atoms with Crippen molar-refractivity contribution in [3.63, 3.8) is 0 Å². The highest BCUT2D eigenvalue weighted by Gasteiger charge is 2.16. The number of aromatic nitrogens is 2. The van der Waals surface area contributed by atoms with E-state index in [1.807, 2.05) is 53.1 Å². The lowest BCUT2D eigenvalue weighted by Crippen LogP contribution is -2.23. The van der Waals surface area contributed by atoms with Crippen molar-refractivity contribution in [2.45, 2.75) is 26.8 Å². The van der Waals surface area contributed by atoms with Crippen molar-refractivity contribution in [3.05, 3.63) is 59.0 Å². The van der Waals surface area contributed by atoms with Gasteiger partial charge in [-0.25, -0.2) is 4.79 Å². The van der Waals surface area contributed by atoms with Gasteiger partial charge in [-0.2, -0.15) is 0 Å². The van der Waals surface area contributed by atoms with Gasteiger partial charge in [0, 0.05) is 17.4 Å². The number of aromatic amines is 1. The van der Waals surface area contributed by atoms with Gasteiger partial charge in [0.05, 0.1) is 11.0 Å². The number of imidazole rings is 1. The van der Waals surface area contributed by atoms with Crippen molar-refractivity contribution in [2.75, 3.05) is 5.32 Å². The summed E-state index contributed by atoms with van der Waals surface area (Å²) >= 11 is 0. The summed E-state index contributed by atoms with van der Waals surface area (Å²) in [5.74, 6) is 0.402. The standard InChI is InChI=1S/C18H21N3O/c1-12(2)13(3)21-17-10-9-15(11-16(17)20-18(21)22)19-14-7-5-4-6-8-14/h4-13,19H,1-3H3,(H,20,22). The van der Waals surface area contributed by atoms with Crippen molar-refractivity contribution in [1.82, 2.24) is 9.55 Å². The molecule has 3 rings (SSSR count). The molecular weight excluding hydrogens is 274 g/mol. The van der Waals surface area contributed by atoms with E-state index >= 15 is 0 Å². The first-order valence-corrected chi connectivity index (χ1v) is 7.62. The Morgan fingerprint density at radius 1 is 1.00 bits per heavy atom. The third kappa shape index (κ3) is 2.64. The summed E-state index contributed by atoms with van der Waals surface area (Å²) in [6, 6.07) is 16.1. The van der Waals surface area contributed by atoms with Crippen LogP contribution in [0.2, 0.25) is 0 Å². The largest absolute Gasteiger partial charge is 0.355 e. The van der Waals surface area contributed by atoms with E-state index in [-0.39, 0.29) is 11.7 Å². The molecule has 1 aromatic heterocycles. The molecule has 2 aromatic carbocycles. The Balaban J connectivity index is 2.00. The van der Waals surface area contributed by atoms with Gasteiger partial charge in [-0.1, -0.05) is 32.0 Å². The number of fused-ring (bicyclic) bond motifs is 1. The quantitative estimate of drug-likeness (QED) is 0.754. The lowest BCUT2D eigenvalue weighted by atomic mass is 10.1. The molecule has 1 unspecified atom stereocenters. The van der Waals surface area contributed by atoms with Gasteiger partial charge in [-0.05, 0) is 43.2 Å². The smallest absolute Gasteiger partial charge is 0.326 e. The molecule has 0 fully saturated rings.